The number of hydrogen-bond donors (Lipinski definition) is 2. The molecule has 166 valence electrons. The lowest BCUT2D eigenvalue weighted by molar-refractivity contribution is 0.0827. The Kier molecular flexibility index (Phi) is 8.27. The Balaban J connectivity index is 1.61. The minimum absolute atomic E-state index is 0.00263. The van der Waals surface area contributed by atoms with Gasteiger partial charge in [0.25, 0.3) is 5.91 Å². The molecule has 31 heavy (non-hydrogen) atoms. The second-order valence-corrected chi connectivity index (χ2v) is 7.94. The van der Waals surface area contributed by atoms with Crippen LogP contribution >= 0.6 is 0 Å². The third kappa shape index (κ3) is 6.70. The van der Waals surface area contributed by atoms with E-state index >= 15 is 0 Å². The summed E-state index contributed by atoms with van der Waals surface area (Å²) in [5.41, 5.74) is 2.74. The third-order valence-corrected chi connectivity index (χ3v) is 5.25. The summed E-state index contributed by atoms with van der Waals surface area (Å²) in [6.07, 6.45) is 6.72. The zero-order valence-corrected chi connectivity index (χ0v) is 18.7. The number of rotatable bonds is 8. The van der Waals surface area contributed by atoms with E-state index in [-0.39, 0.29) is 12.0 Å². The van der Waals surface area contributed by atoms with E-state index < -0.39 is 0 Å². The minimum atomic E-state index is -0.00263. The number of ether oxygens (including phenoxy) is 1. The maximum Gasteiger partial charge on any atom is 0.253 e. The molecule has 1 aliphatic carbocycles. The van der Waals surface area contributed by atoms with Crippen LogP contribution in [-0.4, -0.2) is 48.5 Å². The van der Waals surface area contributed by atoms with Crippen molar-refractivity contribution in [3.05, 3.63) is 59.3 Å². The maximum atomic E-state index is 12.0. The summed E-state index contributed by atoms with van der Waals surface area (Å²) in [7, 11) is 3.50. The standard InChI is InChI=1S/C24H33N5O2/c1-4-25-24(27-16-18-11-13-19(14-12-18)23(30)29(2)3)28-17-20-8-7-15-26-22(20)31-21-9-5-6-10-21/h7-8,11-15,21H,4-6,9-10,16-17H2,1-3H3,(H2,25,27,28). The summed E-state index contributed by atoms with van der Waals surface area (Å²) >= 11 is 0. The van der Waals surface area contributed by atoms with Crippen LogP contribution in [0.2, 0.25) is 0 Å². The number of hydrogen-bond acceptors (Lipinski definition) is 4. The van der Waals surface area contributed by atoms with Crippen molar-refractivity contribution in [1.82, 2.24) is 20.5 Å². The van der Waals surface area contributed by atoms with Crippen LogP contribution in [0.25, 0.3) is 0 Å². The van der Waals surface area contributed by atoms with Crippen LogP contribution in [0.3, 0.4) is 0 Å². The van der Waals surface area contributed by atoms with E-state index in [9.17, 15) is 4.79 Å². The number of pyridine rings is 1. The smallest absolute Gasteiger partial charge is 0.253 e. The van der Waals surface area contributed by atoms with Gasteiger partial charge in [-0.05, 0) is 56.4 Å². The van der Waals surface area contributed by atoms with Crippen molar-refractivity contribution >= 4 is 11.9 Å². The van der Waals surface area contributed by atoms with Gasteiger partial charge in [0.2, 0.25) is 5.88 Å². The summed E-state index contributed by atoms with van der Waals surface area (Å²) in [4.78, 5) is 22.7. The van der Waals surface area contributed by atoms with Gasteiger partial charge in [0, 0.05) is 44.5 Å². The molecule has 7 nitrogen and oxygen atoms in total. The molecule has 0 atom stereocenters. The molecule has 0 radical (unpaired) electrons. The van der Waals surface area contributed by atoms with E-state index in [1.807, 2.05) is 43.3 Å². The van der Waals surface area contributed by atoms with Gasteiger partial charge in [-0.15, -0.1) is 0 Å². The van der Waals surface area contributed by atoms with Gasteiger partial charge in [-0.2, -0.15) is 0 Å². The lowest BCUT2D eigenvalue weighted by Crippen LogP contribution is -2.37. The molecule has 1 amide bonds. The first kappa shape index (κ1) is 22.6. The van der Waals surface area contributed by atoms with Crippen LogP contribution < -0.4 is 15.4 Å². The molecule has 1 aromatic heterocycles. The average molecular weight is 424 g/mol. The molecule has 1 aliphatic rings. The van der Waals surface area contributed by atoms with Gasteiger partial charge in [0.15, 0.2) is 5.96 Å². The van der Waals surface area contributed by atoms with Crippen LogP contribution in [0.4, 0.5) is 0 Å². The fraction of sp³-hybridized carbons (Fsp3) is 0.458. The number of benzene rings is 1. The van der Waals surface area contributed by atoms with Gasteiger partial charge in [-0.3, -0.25) is 4.79 Å². The van der Waals surface area contributed by atoms with Crippen LogP contribution in [-0.2, 0) is 13.1 Å². The molecular weight excluding hydrogens is 390 g/mol. The Morgan fingerprint density at radius 3 is 2.58 bits per heavy atom. The first-order chi connectivity index (χ1) is 15.1. The Labute approximate surface area is 184 Å². The summed E-state index contributed by atoms with van der Waals surface area (Å²) in [5.74, 6) is 1.43. The van der Waals surface area contributed by atoms with Gasteiger partial charge < -0.3 is 20.3 Å². The third-order valence-electron chi connectivity index (χ3n) is 5.25. The number of nitrogens with one attached hydrogen (secondary N) is 2. The second kappa shape index (κ2) is 11.3. The van der Waals surface area contributed by atoms with Crippen LogP contribution in [0.1, 0.15) is 54.1 Å². The average Bonchev–Trinajstić information content (AvgIpc) is 3.29. The number of amides is 1. The molecule has 0 spiro atoms. The first-order valence-corrected chi connectivity index (χ1v) is 11.0. The molecule has 7 heteroatoms. The number of carbonyl (C=O) groups is 1. The predicted molar refractivity (Wildman–Crippen MR) is 123 cm³/mol. The van der Waals surface area contributed by atoms with E-state index in [1.165, 1.54) is 12.8 Å². The molecule has 1 fully saturated rings. The van der Waals surface area contributed by atoms with Gasteiger partial charge in [0.05, 0.1) is 6.54 Å². The molecule has 3 rings (SSSR count). The fourth-order valence-electron chi connectivity index (χ4n) is 3.53. The normalized spacial score (nSPS) is 14.4. The lowest BCUT2D eigenvalue weighted by atomic mass is 10.1. The second-order valence-electron chi connectivity index (χ2n) is 7.94. The van der Waals surface area contributed by atoms with E-state index in [2.05, 4.69) is 20.6 Å². The van der Waals surface area contributed by atoms with Crippen molar-refractivity contribution in [3.63, 3.8) is 0 Å². The van der Waals surface area contributed by atoms with E-state index in [1.54, 1.807) is 25.2 Å². The molecule has 2 aromatic rings. The van der Waals surface area contributed by atoms with E-state index in [0.29, 0.717) is 24.5 Å². The highest BCUT2D eigenvalue weighted by atomic mass is 16.5. The predicted octanol–water partition coefficient (Wildman–Crippen LogP) is 3.36. The number of nitrogens with zero attached hydrogens (tertiary/aromatic N) is 3. The first-order valence-electron chi connectivity index (χ1n) is 11.0. The van der Waals surface area contributed by atoms with Crippen molar-refractivity contribution in [2.45, 2.75) is 51.8 Å². The summed E-state index contributed by atoms with van der Waals surface area (Å²) in [5, 5.41) is 6.65. The van der Waals surface area contributed by atoms with Gasteiger partial charge >= 0.3 is 0 Å². The Morgan fingerprint density at radius 2 is 1.90 bits per heavy atom. The van der Waals surface area contributed by atoms with Crippen molar-refractivity contribution in [2.24, 2.45) is 4.99 Å². The highest BCUT2D eigenvalue weighted by molar-refractivity contribution is 5.93. The Bertz CT molecular complexity index is 874. The lowest BCUT2D eigenvalue weighted by Gasteiger charge is -2.16. The van der Waals surface area contributed by atoms with E-state index in [0.717, 1.165) is 36.5 Å². The van der Waals surface area contributed by atoms with Crippen molar-refractivity contribution in [1.29, 1.82) is 0 Å². The highest BCUT2D eigenvalue weighted by Gasteiger charge is 2.18. The SMILES string of the molecule is CCNC(=NCc1ccc(C(=O)N(C)C)cc1)NCc1cccnc1OC1CCCC1. The van der Waals surface area contributed by atoms with Crippen molar-refractivity contribution in [3.8, 4) is 5.88 Å². The largest absolute Gasteiger partial charge is 0.474 e. The molecule has 0 unspecified atom stereocenters. The molecule has 0 aliphatic heterocycles. The Morgan fingerprint density at radius 1 is 1.16 bits per heavy atom. The monoisotopic (exact) mass is 423 g/mol. The van der Waals surface area contributed by atoms with Gasteiger partial charge in [-0.1, -0.05) is 18.2 Å². The van der Waals surface area contributed by atoms with Crippen molar-refractivity contribution in [2.75, 3.05) is 20.6 Å². The zero-order chi connectivity index (χ0) is 22.1. The molecule has 0 bridgehead atoms. The Hall–Kier alpha value is -3.09. The summed E-state index contributed by atoms with van der Waals surface area (Å²) in [6, 6.07) is 11.5. The van der Waals surface area contributed by atoms with Gasteiger partial charge in [0.1, 0.15) is 6.10 Å². The summed E-state index contributed by atoms with van der Waals surface area (Å²) in [6.45, 7) is 3.90. The fourth-order valence-corrected chi connectivity index (χ4v) is 3.53. The number of aromatic nitrogens is 1. The molecule has 1 heterocycles. The maximum absolute atomic E-state index is 12.0. The van der Waals surface area contributed by atoms with Crippen LogP contribution in [0.15, 0.2) is 47.6 Å². The molecule has 1 aromatic carbocycles. The number of carbonyl (C=O) groups excluding carboxylic acids is 1. The van der Waals surface area contributed by atoms with Gasteiger partial charge in [-0.25, -0.2) is 9.98 Å². The zero-order valence-electron chi connectivity index (χ0n) is 18.7. The molecule has 0 saturated heterocycles. The molecule has 1 saturated carbocycles. The number of guanidine groups is 1. The van der Waals surface area contributed by atoms with E-state index in [4.69, 9.17) is 4.74 Å². The van der Waals surface area contributed by atoms with Crippen LogP contribution in [0.5, 0.6) is 5.88 Å². The minimum Gasteiger partial charge on any atom is -0.474 e. The topological polar surface area (TPSA) is 78.9 Å². The molecule has 2 N–H and O–H groups in total. The quantitative estimate of drug-likeness (QED) is 0.503. The van der Waals surface area contributed by atoms with Crippen LogP contribution in [0, 0.1) is 0 Å². The summed E-state index contributed by atoms with van der Waals surface area (Å²) < 4.78 is 6.13. The highest BCUT2D eigenvalue weighted by Crippen LogP contribution is 2.24. The number of aliphatic imine (C=N–C) groups is 1. The molecular formula is C24H33N5O2. The van der Waals surface area contributed by atoms with Crippen molar-refractivity contribution < 1.29 is 9.53 Å².